The largest absolute Gasteiger partial charge is 0.388 e. The zero-order valence-electron chi connectivity index (χ0n) is 11.7. The summed E-state index contributed by atoms with van der Waals surface area (Å²) < 4.78 is 2.97. The minimum Gasteiger partial charge on any atom is -0.388 e. The first-order valence-corrected chi connectivity index (χ1v) is 8.01. The lowest BCUT2D eigenvalue weighted by atomic mass is 10.1. The van der Waals surface area contributed by atoms with Crippen molar-refractivity contribution in [1.29, 1.82) is 0 Å². The van der Waals surface area contributed by atoms with Gasteiger partial charge in [-0.25, -0.2) is 0 Å². The highest BCUT2D eigenvalue weighted by Gasteiger charge is 2.19. The highest BCUT2D eigenvalue weighted by atomic mass is 79.9. The molecule has 0 aliphatic heterocycles. The maximum Gasteiger partial charge on any atom is 0.0856 e. The van der Waals surface area contributed by atoms with Gasteiger partial charge in [0.15, 0.2) is 0 Å². The fourth-order valence-electron chi connectivity index (χ4n) is 2.34. The predicted octanol–water partition coefficient (Wildman–Crippen LogP) is 3.93. The average molecular weight is 343 g/mol. The number of aromatic nitrogens is 2. The standard InChI is InChI=1S/C14H19BrN2OS/c1-5-17-12(14(15)9(3)16-17)7-13(18)11-6-8(2)19-10(11)4/h6,13,18H,5,7H2,1-4H3. The van der Waals surface area contributed by atoms with E-state index in [2.05, 4.69) is 47.9 Å². The first-order valence-electron chi connectivity index (χ1n) is 6.40. The van der Waals surface area contributed by atoms with Gasteiger partial charge in [-0.1, -0.05) is 0 Å². The second kappa shape index (κ2) is 5.77. The second-order valence-corrected chi connectivity index (χ2v) is 7.00. The molecule has 19 heavy (non-hydrogen) atoms. The summed E-state index contributed by atoms with van der Waals surface area (Å²) in [6, 6.07) is 2.08. The molecule has 0 saturated carbocycles. The number of hydrogen-bond donors (Lipinski definition) is 1. The third-order valence-corrected chi connectivity index (χ3v) is 5.29. The molecular formula is C14H19BrN2OS. The molecule has 0 saturated heterocycles. The van der Waals surface area contributed by atoms with E-state index in [0.29, 0.717) is 6.42 Å². The maximum absolute atomic E-state index is 10.5. The normalized spacial score (nSPS) is 12.9. The first kappa shape index (κ1) is 14.8. The van der Waals surface area contributed by atoms with Gasteiger partial charge in [-0.15, -0.1) is 11.3 Å². The van der Waals surface area contributed by atoms with E-state index in [1.807, 2.05) is 11.6 Å². The number of aliphatic hydroxyl groups is 1. The summed E-state index contributed by atoms with van der Waals surface area (Å²) in [4.78, 5) is 2.44. The zero-order valence-corrected chi connectivity index (χ0v) is 14.1. The maximum atomic E-state index is 10.5. The van der Waals surface area contributed by atoms with Crippen molar-refractivity contribution in [3.8, 4) is 0 Å². The topological polar surface area (TPSA) is 38.0 Å². The highest BCUT2D eigenvalue weighted by Crippen LogP contribution is 2.31. The van der Waals surface area contributed by atoms with Crippen LogP contribution < -0.4 is 0 Å². The smallest absolute Gasteiger partial charge is 0.0856 e. The summed E-state index contributed by atoms with van der Waals surface area (Å²) in [5, 5.41) is 14.9. The van der Waals surface area contributed by atoms with Crippen LogP contribution in [-0.2, 0) is 13.0 Å². The van der Waals surface area contributed by atoms with Crippen LogP contribution >= 0.6 is 27.3 Å². The van der Waals surface area contributed by atoms with E-state index in [1.54, 1.807) is 11.3 Å². The van der Waals surface area contributed by atoms with Crippen molar-refractivity contribution in [3.63, 3.8) is 0 Å². The van der Waals surface area contributed by atoms with Crippen molar-refractivity contribution >= 4 is 27.3 Å². The second-order valence-electron chi connectivity index (χ2n) is 4.75. The minimum atomic E-state index is -0.470. The van der Waals surface area contributed by atoms with E-state index < -0.39 is 6.10 Å². The van der Waals surface area contributed by atoms with E-state index >= 15 is 0 Å². The average Bonchev–Trinajstić information content (AvgIpc) is 2.83. The van der Waals surface area contributed by atoms with Gasteiger partial charge in [0.1, 0.15) is 0 Å². The van der Waals surface area contributed by atoms with Gasteiger partial charge in [0.25, 0.3) is 0 Å². The molecule has 1 atom stereocenters. The summed E-state index contributed by atoms with van der Waals surface area (Å²) in [7, 11) is 0. The molecular weight excluding hydrogens is 324 g/mol. The van der Waals surface area contributed by atoms with Gasteiger partial charge in [-0.3, -0.25) is 4.68 Å². The van der Waals surface area contributed by atoms with Crippen LogP contribution in [0.15, 0.2) is 10.5 Å². The van der Waals surface area contributed by atoms with Crippen LogP contribution in [0.4, 0.5) is 0 Å². The molecule has 1 N–H and O–H groups in total. The summed E-state index contributed by atoms with van der Waals surface area (Å²) >= 11 is 5.31. The van der Waals surface area contributed by atoms with Crippen LogP contribution in [0.25, 0.3) is 0 Å². The summed E-state index contributed by atoms with van der Waals surface area (Å²) in [5.74, 6) is 0. The molecule has 0 fully saturated rings. The van der Waals surface area contributed by atoms with Gasteiger partial charge >= 0.3 is 0 Å². The van der Waals surface area contributed by atoms with E-state index in [9.17, 15) is 5.11 Å². The van der Waals surface area contributed by atoms with Crippen molar-refractivity contribution in [2.24, 2.45) is 0 Å². The zero-order chi connectivity index (χ0) is 14.2. The summed E-state index contributed by atoms with van der Waals surface area (Å²) in [6.07, 6.45) is 0.120. The van der Waals surface area contributed by atoms with Crippen molar-refractivity contribution in [1.82, 2.24) is 9.78 Å². The summed E-state index contributed by atoms with van der Waals surface area (Å²) in [6.45, 7) is 8.99. The quantitative estimate of drug-likeness (QED) is 0.913. The molecule has 0 radical (unpaired) electrons. The van der Waals surface area contributed by atoms with Gasteiger partial charge in [-0.05, 0) is 55.3 Å². The third kappa shape index (κ3) is 2.93. The molecule has 0 aliphatic rings. The molecule has 2 aromatic heterocycles. The number of thiophene rings is 1. The van der Waals surface area contributed by atoms with Crippen LogP contribution in [-0.4, -0.2) is 14.9 Å². The van der Waals surface area contributed by atoms with Gasteiger partial charge in [0.05, 0.1) is 22.0 Å². The van der Waals surface area contributed by atoms with Crippen LogP contribution in [0.1, 0.15) is 39.7 Å². The van der Waals surface area contributed by atoms with Crippen LogP contribution in [0.2, 0.25) is 0 Å². The van der Waals surface area contributed by atoms with E-state index in [0.717, 1.165) is 28.0 Å². The van der Waals surface area contributed by atoms with Crippen LogP contribution in [0, 0.1) is 20.8 Å². The van der Waals surface area contributed by atoms with Gasteiger partial charge in [-0.2, -0.15) is 5.10 Å². The summed E-state index contributed by atoms with van der Waals surface area (Å²) in [5.41, 5.74) is 3.08. The van der Waals surface area contributed by atoms with E-state index in [-0.39, 0.29) is 0 Å². The molecule has 0 bridgehead atoms. The molecule has 0 aliphatic carbocycles. The molecule has 0 amide bonds. The number of nitrogens with zero attached hydrogens (tertiary/aromatic N) is 2. The Balaban J connectivity index is 2.28. The molecule has 2 heterocycles. The lowest BCUT2D eigenvalue weighted by Crippen LogP contribution is -2.09. The Morgan fingerprint density at radius 1 is 1.42 bits per heavy atom. The van der Waals surface area contributed by atoms with Crippen molar-refractivity contribution in [2.75, 3.05) is 0 Å². The van der Waals surface area contributed by atoms with E-state index in [4.69, 9.17) is 0 Å². The third-order valence-electron chi connectivity index (χ3n) is 3.28. The molecule has 3 nitrogen and oxygen atoms in total. The lowest BCUT2D eigenvalue weighted by molar-refractivity contribution is 0.175. The molecule has 1 unspecified atom stereocenters. The van der Waals surface area contributed by atoms with E-state index in [1.165, 1.54) is 9.75 Å². The predicted molar refractivity (Wildman–Crippen MR) is 82.8 cm³/mol. The molecule has 2 rings (SSSR count). The van der Waals surface area contributed by atoms with Gasteiger partial charge in [0.2, 0.25) is 0 Å². The molecule has 5 heteroatoms. The Morgan fingerprint density at radius 3 is 2.63 bits per heavy atom. The van der Waals surface area contributed by atoms with Crippen LogP contribution in [0.3, 0.4) is 0 Å². The fourth-order valence-corrected chi connectivity index (χ4v) is 3.77. The minimum absolute atomic E-state index is 0.470. The number of halogens is 1. The monoisotopic (exact) mass is 342 g/mol. The van der Waals surface area contributed by atoms with Crippen molar-refractivity contribution in [2.45, 2.75) is 46.8 Å². The molecule has 2 aromatic rings. The Kier molecular flexibility index (Phi) is 4.48. The number of aliphatic hydroxyl groups excluding tert-OH is 1. The Labute approximate surface area is 126 Å². The van der Waals surface area contributed by atoms with Gasteiger partial charge < -0.3 is 5.11 Å². The highest BCUT2D eigenvalue weighted by molar-refractivity contribution is 9.10. The van der Waals surface area contributed by atoms with Crippen molar-refractivity contribution in [3.05, 3.63) is 37.2 Å². The number of rotatable bonds is 4. The number of aryl methyl sites for hydroxylation is 4. The SMILES string of the molecule is CCn1nc(C)c(Br)c1CC(O)c1cc(C)sc1C. The fraction of sp³-hybridized carbons (Fsp3) is 0.500. The molecule has 0 spiro atoms. The van der Waals surface area contributed by atoms with Gasteiger partial charge in [0, 0.05) is 22.7 Å². The Morgan fingerprint density at radius 2 is 2.11 bits per heavy atom. The Bertz CT molecular complexity index is 589. The van der Waals surface area contributed by atoms with Crippen molar-refractivity contribution < 1.29 is 5.11 Å². The van der Waals surface area contributed by atoms with Crippen LogP contribution in [0.5, 0.6) is 0 Å². The number of hydrogen-bond acceptors (Lipinski definition) is 3. The lowest BCUT2D eigenvalue weighted by Gasteiger charge is -2.12. The first-order chi connectivity index (χ1) is 8.93. The molecule has 104 valence electrons. The Hall–Kier alpha value is -0.650. The molecule has 0 aromatic carbocycles.